The highest BCUT2D eigenvalue weighted by atomic mass is 32.2. The van der Waals surface area contributed by atoms with Crippen molar-refractivity contribution >= 4 is 15.9 Å². The summed E-state index contributed by atoms with van der Waals surface area (Å²) in [4.78, 5) is 16.4. The minimum absolute atomic E-state index is 0.0739. The highest BCUT2D eigenvalue weighted by Gasteiger charge is 2.18. The van der Waals surface area contributed by atoms with Crippen LogP contribution in [0.2, 0.25) is 0 Å². The number of amides is 1. The first-order valence-electron chi connectivity index (χ1n) is 10.2. The summed E-state index contributed by atoms with van der Waals surface area (Å²) in [6.45, 7) is 6.05. The van der Waals surface area contributed by atoms with Crippen molar-refractivity contribution in [2.24, 2.45) is 0 Å². The molecule has 2 N–H and O–H groups in total. The number of nitrogens with zero attached hydrogens (tertiary/aromatic N) is 1. The first kappa shape index (κ1) is 23.4. The molecule has 1 heterocycles. The summed E-state index contributed by atoms with van der Waals surface area (Å²) in [7, 11) is -3.78. The third kappa shape index (κ3) is 6.63. The van der Waals surface area contributed by atoms with Crippen LogP contribution < -0.4 is 14.8 Å². The van der Waals surface area contributed by atoms with E-state index < -0.39 is 15.9 Å². The molecule has 1 aromatic heterocycles. The van der Waals surface area contributed by atoms with Gasteiger partial charge in [-0.2, -0.15) is 0 Å². The van der Waals surface area contributed by atoms with E-state index in [0.29, 0.717) is 11.6 Å². The van der Waals surface area contributed by atoms with Gasteiger partial charge in [0.05, 0.1) is 11.4 Å². The molecule has 3 rings (SSSR count). The molecule has 0 saturated heterocycles. The number of carbonyl (C=O) groups excluding carboxylic acids is 1. The van der Waals surface area contributed by atoms with Gasteiger partial charge < -0.3 is 10.1 Å². The maximum atomic E-state index is 12.5. The molecular formula is C24H27N3O4S. The molecule has 8 heteroatoms. The number of aromatic nitrogens is 1. The van der Waals surface area contributed by atoms with Crippen molar-refractivity contribution in [3.63, 3.8) is 0 Å². The number of hydrogen-bond acceptors (Lipinski definition) is 5. The van der Waals surface area contributed by atoms with Crippen molar-refractivity contribution in [2.45, 2.75) is 37.6 Å². The second-order valence-electron chi connectivity index (χ2n) is 8.29. The Morgan fingerprint density at radius 3 is 2.41 bits per heavy atom. The van der Waals surface area contributed by atoms with E-state index in [1.165, 1.54) is 0 Å². The monoisotopic (exact) mass is 453 g/mol. The van der Waals surface area contributed by atoms with Crippen LogP contribution >= 0.6 is 0 Å². The Morgan fingerprint density at radius 1 is 1.00 bits per heavy atom. The Bertz CT molecular complexity index is 1160. The minimum atomic E-state index is -3.78. The second kappa shape index (κ2) is 9.93. The van der Waals surface area contributed by atoms with Gasteiger partial charge in [0, 0.05) is 18.8 Å². The fourth-order valence-electron chi connectivity index (χ4n) is 2.89. The molecule has 2 aromatic carbocycles. The zero-order valence-electron chi connectivity index (χ0n) is 18.3. The van der Waals surface area contributed by atoms with Gasteiger partial charge in [-0.15, -0.1) is 0 Å². The van der Waals surface area contributed by atoms with E-state index in [9.17, 15) is 13.2 Å². The van der Waals surface area contributed by atoms with Gasteiger partial charge in [0.2, 0.25) is 21.8 Å². The van der Waals surface area contributed by atoms with Gasteiger partial charge in [-0.3, -0.25) is 4.79 Å². The van der Waals surface area contributed by atoms with Crippen molar-refractivity contribution in [1.29, 1.82) is 0 Å². The molecule has 32 heavy (non-hydrogen) atoms. The first-order chi connectivity index (χ1) is 15.1. The summed E-state index contributed by atoms with van der Waals surface area (Å²) in [5.74, 6) is 0.629. The molecular weight excluding hydrogens is 426 g/mol. The van der Waals surface area contributed by atoms with Crippen molar-refractivity contribution in [2.75, 3.05) is 6.54 Å². The number of ether oxygens (including phenoxy) is 1. The summed E-state index contributed by atoms with van der Waals surface area (Å²) in [5.41, 5.74) is 1.77. The fourth-order valence-corrected chi connectivity index (χ4v) is 3.87. The Morgan fingerprint density at radius 2 is 1.75 bits per heavy atom. The van der Waals surface area contributed by atoms with Crippen LogP contribution in [-0.4, -0.2) is 25.9 Å². The lowest BCUT2D eigenvalue weighted by atomic mass is 9.87. The summed E-state index contributed by atoms with van der Waals surface area (Å²) < 4.78 is 33.0. The van der Waals surface area contributed by atoms with Gasteiger partial charge in [0.15, 0.2) is 0 Å². The van der Waals surface area contributed by atoms with Gasteiger partial charge in [0.1, 0.15) is 5.75 Å². The van der Waals surface area contributed by atoms with Crippen molar-refractivity contribution in [1.82, 2.24) is 15.0 Å². The van der Waals surface area contributed by atoms with Gasteiger partial charge >= 0.3 is 0 Å². The van der Waals surface area contributed by atoms with Crippen molar-refractivity contribution in [3.05, 3.63) is 84.1 Å². The smallest absolute Gasteiger partial charge is 0.241 e. The third-order valence-corrected chi connectivity index (χ3v) is 6.12. The predicted octanol–water partition coefficient (Wildman–Crippen LogP) is 3.77. The molecule has 0 bridgehead atoms. The largest absolute Gasteiger partial charge is 0.439 e. The van der Waals surface area contributed by atoms with Crippen LogP contribution in [0.25, 0.3) is 0 Å². The average molecular weight is 454 g/mol. The molecule has 3 aromatic rings. The lowest BCUT2D eigenvalue weighted by Crippen LogP contribution is -2.36. The van der Waals surface area contributed by atoms with Crippen molar-refractivity contribution < 1.29 is 17.9 Å². The van der Waals surface area contributed by atoms with Crippen molar-refractivity contribution in [3.8, 4) is 11.6 Å². The van der Waals surface area contributed by atoms with E-state index in [0.717, 1.165) is 11.1 Å². The summed E-state index contributed by atoms with van der Waals surface area (Å²) in [6.07, 6.45) is 1.64. The topological polar surface area (TPSA) is 97.4 Å². The summed E-state index contributed by atoms with van der Waals surface area (Å²) in [6, 6.07) is 19.3. The molecule has 0 radical (unpaired) electrons. The van der Waals surface area contributed by atoms with Crippen LogP contribution in [0.1, 0.15) is 31.9 Å². The van der Waals surface area contributed by atoms with Gasteiger partial charge in [-0.25, -0.2) is 18.1 Å². The Labute approximate surface area is 188 Å². The van der Waals surface area contributed by atoms with E-state index in [1.54, 1.807) is 54.7 Å². The lowest BCUT2D eigenvalue weighted by molar-refractivity contribution is -0.120. The van der Waals surface area contributed by atoms with Crippen LogP contribution in [-0.2, 0) is 26.8 Å². The van der Waals surface area contributed by atoms with E-state index in [4.69, 9.17) is 4.74 Å². The molecule has 1 amide bonds. The summed E-state index contributed by atoms with van der Waals surface area (Å²) >= 11 is 0. The molecule has 7 nitrogen and oxygen atoms in total. The van der Waals surface area contributed by atoms with Crippen LogP contribution in [0.15, 0.2) is 77.8 Å². The Balaban J connectivity index is 1.52. The van der Waals surface area contributed by atoms with Gasteiger partial charge in [-0.1, -0.05) is 51.1 Å². The van der Waals surface area contributed by atoms with Gasteiger partial charge in [0.25, 0.3) is 0 Å². The highest BCUT2D eigenvalue weighted by molar-refractivity contribution is 7.89. The lowest BCUT2D eigenvalue weighted by Gasteiger charge is -2.19. The molecule has 0 atom stereocenters. The van der Waals surface area contributed by atoms with E-state index in [2.05, 4.69) is 35.8 Å². The first-order valence-corrected chi connectivity index (χ1v) is 11.7. The van der Waals surface area contributed by atoms with Crippen LogP contribution in [0, 0.1) is 0 Å². The maximum Gasteiger partial charge on any atom is 0.241 e. The molecule has 0 saturated carbocycles. The number of nitrogens with one attached hydrogen (secondary N) is 2. The molecule has 0 aliphatic heterocycles. The summed E-state index contributed by atoms with van der Waals surface area (Å²) in [5, 5.41) is 2.71. The Kier molecular flexibility index (Phi) is 7.27. The number of carbonyl (C=O) groups is 1. The van der Waals surface area contributed by atoms with Crippen LogP contribution in [0.4, 0.5) is 0 Å². The molecule has 168 valence electrons. The Hall–Kier alpha value is -3.23. The van der Waals surface area contributed by atoms with E-state index in [1.807, 2.05) is 18.2 Å². The normalized spacial score (nSPS) is 11.7. The molecule has 0 aliphatic rings. The fraction of sp³-hybridized carbons (Fsp3) is 0.250. The maximum absolute atomic E-state index is 12.5. The third-order valence-electron chi connectivity index (χ3n) is 4.70. The quantitative estimate of drug-likeness (QED) is 0.541. The average Bonchev–Trinajstić information content (AvgIpc) is 2.77. The van der Waals surface area contributed by atoms with Gasteiger partial charge in [-0.05, 0) is 46.9 Å². The molecule has 0 spiro atoms. The molecule has 0 fully saturated rings. The highest BCUT2D eigenvalue weighted by Crippen LogP contribution is 2.23. The second-order valence-corrected chi connectivity index (χ2v) is 10.1. The zero-order valence-corrected chi connectivity index (χ0v) is 19.1. The van der Waals surface area contributed by atoms with E-state index in [-0.39, 0.29) is 23.4 Å². The van der Waals surface area contributed by atoms with Crippen LogP contribution in [0.5, 0.6) is 11.6 Å². The molecule has 0 aliphatic carbocycles. The number of rotatable bonds is 8. The number of pyridine rings is 1. The standard InChI is InChI=1S/C24H27N3O4S/c1-24(2,3)19-10-12-21(13-11-19)32(29,30)27-17-22(28)26-16-18-7-6-8-20(15-18)31-23-9-4-5-14-25-23/h4-15,27H,16-17H2,1-3H3,(H,26,28). The van der Waals surface area contributed by atoms with Crippen LogP contribution in [0.3, 0.4) is 0 Å². The number of sulfonamides is 1. The number of hydrogen-bond donors (Lipinski definition) is 2. The molecule has 0 unspecified atom stereocenters. The number of benzene rings is 2. The van der Waals surface area contributed by atoms with E-state index >= 15 is 0 Å². The predicted molar refractivity (Wildman–Crippen MR) is 123 cm³/mol. The minimum Gasteiger partial charge on any atom is -0.439 e. The SMILES string of the molecule is CC(C)(C)c1ccc(S(=O)(=O)NCC(=O)NCc2cccc(Oc3ccccn3)c2)cc1. The zero-order chi connectivity index (χ0) is 23.2.